The van der Waals surface area contributed by atoms with Crippen molar-refractivity contribution in [1.29, 1.82) is 0 Å². The van der Waals surface area contributed by atoms with Crippen LogP contribution in [-0.4, -0.2) is 39.0 Å². The van der Waals surface area contributed by atoms with Crippen molar-refractivity contribution < 1.29 is 13.2 Å². The van der Waals surface area contributed by atoms with Gasteiger partial charge in [-0.25, -0.2) is 8.42 Å². The average Bonchev–Trinajstić information content (AvgIpc) is 2.43. The zero-order chi connectivity index (χ0) is 15.2. The van der Waals surface area contributed by atoms with Crippen LogP contribution < -0.4 is 0 Å². The van der Waals surface area contributed by atoms with Crippen molar-refractivity contribution in [2.75, 3.05) is 26.3 Å². The Kier molecular flexibility index (Phi) is 7.26. The Morgan fingerprint density at radius 1 is 1.30 bits per heavy atom. The summed E-state index contributed by atoms with van der Waals surface area (Å²) < 4.78 is 31.6. The molecule has 7 heteroatoms. The molecule has 0 aromatic heterocycles. The van der Waals surface area contributed by atoms with E-state index >= 15 is 0 Å². The van der Waals surface area contributed by atoms with Crippen LogP contribution in [0.1, 0.15) is 19.4 Å². The molecule has 0 aliphatic carbocycles. The molecule has 0 aliphatic rings. The van der Waals surface area contributed by atoms with E-state index in [1.807, 2.05) is 6.92 Å². The Bertz CT molecular complexity index is 534. The van der Waals surface area contributed by atoms with Crippen molar-refractivity contribution in [1.82, 2.24) is 4.31 Å². The third-order valence-corrected chi connectivity index (χ3v) is 5.46. The molecule has 0 N–H and O–H groups in total. The van der Waals surface area contributed by atoms with Gasteiger partial charge in [-0.15, -0.1) is 11.6 Å². The number of halogens is 2. The first-order valence-electron chi connectivity index (χ1n) is 6.39. The summed E-state index contributed by atoms with van der Waals surface area (Å²) in [7, 11) is -3.55. The van der Waals surface area contributed by atoms with Gasteiger partial charge in [-0.05, 0) is 24.6 Å². The number of alkyl halides is 1. The SMILES string of the molecule is CCOCCN(CC)S(=O)(=O)c1ccc(CCl)c(Cl)c1. The Morgan fingerprint density at radius 3 is 2.50 bits per heavy atom. The van der Waals surface area contributed by atoms with Crippen molar-refractivity contribution in [2.45, 2.75) is 24.6 Å². The monoisotopic (exact) mass is 339 g/mol. The highest BCUT2D eigenvalue weighted by Gasteiger charge is 2.23. The molecular weight excluding hydrogens is 321 g/mol. The number of likely N-dealkylation sites (N-methyl/N-ethyl adjacent to an activating group) is 1. The molecule has 4 nitrogen and oxygen atoms in total. The summed E-state index contributed by atoms with van der Waals surface area (Å²) in [5, 5.41) is 0.363. The van der Waals surface area contributed by atoms with Crippen LogP contribution in [0.4, 0.5) is 0 Å². The molecule has 20 heavy (non-hydrogen) atoms. The number of benzene rings is 1. The minimum Gasteiger partial charge on any atom is -0.380 e. The van der Waals surface area contributed by atoms with Crippen LogP contribution in [0.5, 0.6) is 0 Å². The molecule has 0 heterocycles. The second kappa shape index (κ2) is 8.20. The van der Waals surface area contributed by atoms with E-state index in [1.54, 1.807) is 13.0 Å². The maximum Gasteiger partial charge on any atom is 0.243 e. The second-order valence-electron chi connectivity index (χ2n) is 4.08. The highest BCUT2D eigenvalue weighted by Crippen LogP contribution is 2.24. The van der Waals surface area contributed by atoms with Crippen molar-refractivity contribution in [3.8, 4) is 0 Å². The maximum absolute atomic E-state index is 12.5. The van der Waals surface area contributed by atoms with Crippen LogP contribution in [0.3, 0.4) is 0 Å². The fraction of sp³-hybridized carbons (Fsp3) is 0.538. The van der Waals surface area contributed by atoms with E-state index in [0.29, 0.717) is 36.9 Å². The van der Waals surface area contributed by atoms with E-state index in [9.17, 15) is 8.42 Å². The molecule has 1 aromatic rings. The van der Waals surface area contributed by atoms with Gasteiger partial charge in [0.1, 0.15) is 0 Å². The topological polar surface area (TPSA) is 46.6 Å². The van der Waals surface area contributed by atoms with Gasteiger partial charge in [0.2, 0.25) is 10.0 Å². The van der Waals surface area contributed by atoms with E-state index < -0.39 is 10.0 Å². The third-order valence-electron chi connectivity index (χ3n) is 2.85. The maximum atomic E-state index is 12.5. The average molecular weight is 340 g/mol. The predicted octanol–water partition coefficient (Wildman–Crippen LogP) is 3.13. The largest absolute Gasteiger partial charge is 0.380 e. The fourth-order valence-electron chi connectivity index (χ4n) is 1.70. The van der Waals surface area contributed by atoms with E-state index in [-0.39, 0.29) is 10.8 Å². The van der Waals surface area contributed by atoms with Crippen LogP contribution in [-0.2, 0) is 20.6 Å². The summed E-state index contributed by atoms with van der Waals surface area (Å²) in [4.78, 5) is 0.176. The Balaban J connectivity index is 2.98. The quantitative estimate of drug-likeness (QED) is 0.540. The normalized spacial score (nSPS) is 12.1. The molecule has 0 spiro atoms. The lowest BCUT2D eigenvalue weighted by Gasteiger charge is -2.20. The lowest BCUT2D eigenvalue weighted by molar-refractivity contribution is 0.135. The number of nitrogens with zero attached hydrogens (tertiary/aromatic N) is 1. The van der Waals surface area contributed by atoms with E-state index in [0.717, 1.165) is 0 Å². The smallest absolute Gasteiger partial charge is 0.243 e. The van der Waals surface area contributed by atoms with Gasteiger partial charge in [0.25, 0.3) is 0 Å². The van der Waals surface area contributed by atoms with Gasteiger partial charge in [-0.2, -0.15) is 4.31 Å². The zero-order valence-electron chi connectivity index (χ0n) is 11.6. The molecule has 0 atom stereocenters. The summed E-state index contributed by atoms with van der Waals surface area (Å²) in [6, 6.07) is 4.61. The van der Waals surface area contributed by atoms with Gasteiger partial charge in [-0.3, -0.25) is 0 Å². The summed E-state index contributed by atoms with van der Waals surface area (Å²) in [5.41, 5.74) is 0.713. The molecule has 0 aliphatic heterocycles. The molecule has 114 valence electrons. The predicted molar refractivity (Wildman–Crippen MR) is 81.9 cm³/mol. The number of ether oxygens (including phenoxy) is 1. The minimum atomic E-state index is -3.55. The number of hydrogen-bond donors (Lipinski definition) is 0. The highest BCUT2D eigenvalue weighted by atomic mass is 35.5. The molecule has 0 saturated heterocycles. The highest BCUT2D eigenvalue weighted by molar-refractivity contribution is 7.89. The molecule has 1 aromatic carbocycles. The molecule has 1 rings (SSSR count). The lowest BCUT2D eigenvalue weighted by Crippen LogP contribution is -2.34. The van der Waals surface area contributed by atoms with Crippen LogP contribution >= 0.6 is 23.2 Å². The van der Waals surface area contributed by atoms with Crippen LogP contribution in [0.2, 0.25) is 5.02 Å². The summed E-state index contributed by atoms with van der Waals surface area (Å²) in [5.74, 6) is 0.251. The molecule has 0 amide bonds. The fourth-order valence-corrected chi connectivity index (χ4v) is 3.78. The first-order valence-corrected chi connectivity index (χ1v) is 8.74. The van der Waals surface area contributed by atoms with E-state index in [2.05, 4.69) is 0 Å². The minimum absolute atomic E-state index is 0.176. The van der Waals surface area contributed by atoms with E-state index in [4.69, 9.17) is 27.9 Å². The number of hydrogen-bond acceptors (Lipinski definition) is 3. The van der Waals surface area contributed by atoms with Gasteiger partial charge in [0.15, 0.2) is 0 Å². The van der Waals surface area contributed by atoms with Crippen LogP contribution in [0.25, 0.3) is 0 Å². The van der Waals surface area contributed by atoms with Crippen LogP contribution in [0, 0.1) is 0 Å². The standard InChI is InChI=1S/C13H19Cl2NO3S/c1-3-16(7-8-19-4-2)20(17,18)12-6-5-11(10-14)13(15)9-12/h5-6,9H,3-4,7-8,10H2,1-2H3. The Hall–Kier alpha value is -0.330. The van der Waals surface area contributed by atoms with Gasteiger partial charge in [0, 0.05) is 30.6 Å². The van der Waals surface area contributed by atoms with Gasteiger partial charge >= 0.3 is 0 Å². The summed E-state index contributed by atoms with van der Waals surface area (Å²) in [6.07, 6.45) is 0. The number of sulfonamides is 1. The molecule has 0 bridgehead atoms. The van der Waals surface area contributed by atoms with Crippen molar-refractivity contribution in [2.24, 2.45) is 0 Å². The summed E-state index contributed by atoms with van der Waals surface area (Å²) >= 11 is 11.7. The third kappa shape index (κ3) is 4.33. The van der Waals surface area contributed by atoms with E-state index in [1.165, 1.54) is 16.4 Å². The molecule has 0 saturated carbocycles. The Morgan fingerprint density at radius 2 is 2.00 bits per heavy atom. The van der Waals surface area contributed by atoms with Gasteiger partial charge in [-0.1, -0.05) is 24.6 Å². The molecule has 0 fully saturated rings. The molecule has 0 unspecified atom stereocenters. The zero-order valence-corrected chi connectivity index (χ0v) is 13.9. The lowest BCUT2D eigenvalue weighted by atomic mass is 10.2. The Labute approximate surface area is 130 Å². The second-order valence-corrected chi connectivity index (χ2v) is 6.69. The van der Waals surface area contributed by atoms with Crippen LogP contribution in [0.15, 0.2) is 23.1 Å². The number of rotatable bonds is 8. The molecular formula is C13H19Cl2NO3S. The van der Waals surface area contributed by atoms with Gasteiger partial charge in [0.05, 0.1) is 11.5 Å². The van der Waals surface area contributed by atoms with Gasteiger partial charge < -0.3 is 4.74 Å². The first kappa shape index (κ1) is 17.7. The first-order chi connectivity index (χ1) is 9.47. The molecule has 0 radical (unpaired) electrons. The summed E-state index contributed by atoms with van der Waals surface area (Å²) in [6.45, 7) is 5.30. The van der Waals surface area contributed by atoms with Crippen molar-refractivity contribution in [3.63, 3.8) is 0 Å². The van der Waals surface area contributed by atoms with Crippen molar-refractivity contribution in [3.05, 3.63) is 28.8 Å². The van der Waals surface area contributed by atoms with Crippen molar-refractivity contribution >= 4 is 33.2 Å².